The van der Waals surface area contributed by atoms with Gasteiger partial charge in [0.25, 0.3) is 10.0 Å². The van der Waals surface area contributed by atoms with E-state index in [1.807, 2.05) is 58.9 Å². The minimum absolute atomic E-state index is 0.0931. The van der Waals surface area contributed by atoms with Gasteiger partial charge in [-0.05, 0) is 87.2 Å². The molecule has 1 N–H and O–H groups in total. The first-order valence-corrected chi connectivity index (χ1v) is 13.3. The van der Waals surface area contributed by atoms with Crippen LogP contribution >= 0.6 is 0 Å². The lowest BCUT2D eigenvalue weighted by atomic mass is 9.99. The molecule has 7 heteroatoms. The van der Waals surface area contributed by atoms with Crippen LogP contribution in [0.25, 0.3) is 0 Å². The first kappa shape index (κ1) is 26.3. The second-order valence-electron chi connectivity index (χ2n) is 8.62. The molecule has 0 spiro atoms. The van der Waals surface area contributed by atoms with Gasteiger partial charge in [-0.3, -0.25) is 9.10 Å². The molecule has 0 bridgehead atoms. The number of rotatable bonds is 10. The number of nitrogens with one attached hydrogen (secondary N) is 1. The zero-order valence-corrected chi connectivity index (χ0v) is 21.9. The third-order valence-corrected chi connectivity index (χ3v) is 7.80. The normalized spacial score (nSPS) is 12.1. The summed E-state index contributed by atoms with van der Waals surface area (Å²) in [5.74, 6) is 0.218. The third-order valence-electron chi connectivity index (χ3n) is 6.01. The summed E-state index contributed by atoms with van der Waals surface area (Å²) in [6.45, 7) is 10.0. The lowest BCUT2D eigenvalue weighted by Gasteiger charge is -2.26. The van der Waals surface area contributed by atoms with Crippen LogP contribution in [0.15, 0.2) is 71.6 Å². The van der Waals surface area contributed by atoms with Crippen LogP contribution in [0.1, 0.15) is 48.6 Å². The molecule has 1 atom stereocenters. The predicted molar refractivity (Wildman–Crippen MR) is 140 cm³/mol. The van der Waals surface area contributed by atoms with Crippen molar-refractivity contribution in [3.05, 3.63) is 89.0 Å². The number of sulfonamides is 1. The Bertz CT molecular complexity index is 1250. The Morgan fingerprint density at radius 3 is 2.14 bits per heavy atom. The molecule has 0 aliphatic heterocycles. The van der Waals surface area contributed by atoms with Gasteiger partial charge in [-0.25, -0.2) is 8.42 Å². The van der Waals surface area contributed by atoms with Crippen LogP contribution in [0.2, 0.25) is 0 Å². The highest BCUT2D eigenvalue weighted by atomic mass is 32.2. The smallest absolute Gasteiger partial charge is 0.264 e. The summed E-state index contributed by atoms with van der Waals surface area (Å²) in [5.41, 5.74) is 4.76. The summed E-state index contributed by atoms with van der Waals surface area (Å²) in [7, 11) is -4.00. The first-order chi connectivity index (χ1) is 16.6. The maximum atomic E-state index is 13.6. The van der Waals surface area contributed by atoms with Crippen LogP contribution in [0.4, 0.5) is 5.69 Å². The van der Waals surface area contributed by atoms with Gasteiger partial charge in [0, 0.05) is 0 Å². The molecule has 6 nitrogen and oxygen atoms in total. The van der Waals surface area contributed by atoms with Gasteiger partial charge in [-0.1, -0.05) is 42.8 Å². The van der Waals surface area contributed by atoms with Crippen LogP contribution < -0.4 is 14.4 Å². The van der Waals surface area contributed by atoms with Crippen molar-refractivity contribution in [1.29, 1.82) is 0 Å². The lowest BCUT2D eigenvalue weighted by molar-refractivity contribution is -0.120. The van der Waals surface area contributed by atoms with E-state index in [1.165, 1.54) is 17.7 Å². The predicted octanol–water partition coefficient (Wildman–Crippen LogP) is 5.47. The number of ether oxygens (including phenoxy) is 1. The van der Waals surface area contributed by atoms with Gasteiger partial charge in [-0.2, -0.15) is 0 Å². The molecule has 0 aliphatic rings. The Labute approximate surface area is 209 Å². The molecule has 0 aliphatic carbocycles. The van der Waals surface area contributed by atoms with Crippen molar-refractivity contribution in [2.45, 2.75) is 52.0 Å². The lowest BCUT2D eigenvalue weighted by Crippen LogP contribution is -2.42. The standard InChI is InChI=1S/C28H34N2O4S/c1-6-27(23-11-10-21(4)22(5)18-23)29-28(31)19-30(24-12-8-20(3)9-13-24)35(32,33)26-16-14-25(15-17-26)34-7-2/h8-18,27H,6-7,19H2,1-5H3,(H,29,31). The highest BCUT2D eigenvalue weighted by Gasteiger charge is 2.28. The summed E-state index contributed by atoms with van der Waals surface area (Å²) in [5, 5.41) is 3.03. The van der Waals surface area contributed by atoms with E-state index in [0.717, 1.165) is 21.0 Å². The number of aryl methyl sites for hydroxylation is 3. The number of hydrogen-bond acceptors (Lipinski definition) is 4. The highest BCUT2D eigenvalue weighted by Crippen LogP contribution is 2.26. The SMILES string of the molecule is CCOc1ccc(S(=O)(=O)N(CC(=O)NC(CC)c2ccc(C)c(C)c2)c2ccc(C)cc2)cc1. The quantitative estimate of drug-likeness (QED) is 0.405. The average Bonchev–Trinajstić information content (AvgIpc) is 2.84. The van der Waals surface area contributed by atoms with E-state index in [9.17, 15) is 13.2 Å². The minimum Gasteiger partial charge on any atom is -0.494 e. The number of carbonyl (C=O) groups excluding carboxylic acids is 1. The third kappa shape index (κ3) is 6.42. The summed E-state index contributed by atoms with van der Waals surface area (Å²) in [6.07, 6.45) is 0.685. The zero-order valence-electron chi connectivity index (χ0n) is 21.0. The van der Waals surface area contributed by atoms with Crippen molar-refractivity contribution in [2.24, 2.45) is 0 Å². The van der Waals surface area contributed by atoms with E-state index >= 15 is 0 Å². The maximum absolute atomic E-state index is 13.6. The number of amides is 1. The topological polar surface area (TPSA) is 75.7 Å². The molecular formula is C28H34N2O4S. The minimum atomic E-state index is -4.00. The Morgan fingerprint density at radius 1 is 0.914 bits per heavy atom. The van der Waals surface area contributed by atoms with E-state index in [2.05, 4.69) is 11.4 Å². The van der Waals surface area contributed by atoms with Gasteiger partial charge in [0.05, 0.1) is 23.2 Å². The van der Waals surface area contributed by atoms with Crippen LogP contribution in [0, 0.1) is 20.8 Å². The zero-order chi connectivity index (χ0) is 25.6. The number of nitrogens with zero attached hydrogens (tertiary/aromatic N) is 1. The average molecular weight is 495 g/mol. The highest BCUT2D eigenvalue weighted by molar-refractivity contribution is 7.92. The van der Waals surface area contributed by atoms with Crippen LogP contribution in [-0.4, -0.2) is 27.5 Å². The monoisotopic (exact) mass is 494 g/mol. The van der Waals surface area contributed by atoms with E-state index < -0.39 is 10.0 Å². The molecule has 35 heavy (non-hydrogen) atoms. The van der Waals surface area contributed by atoms with E-state index in [1.54, 1.807) is 24.3 Å². The van der Waals surface area contributed by atoms with Crippen LogP contribution in [0.3, 0.4) is 0 Å². The molecule has 1 unspecified atom stereocenters. The van der Waals surface area contributed by atoms with Gasteiger partial charge in [-0.15, -0.1) is 0 Å². The van der Waals surface area contributed by atoms with Gasteiger partial charge in [0.1, 0.15) is 12.3 Å². The van der Waals surface area contributed by atoms with Gasteiger partial charge >= 0.3 is 0 Å². The molecule has 186 valence electrons. The second-order valence-corrected chi connectivity index (χ2v) is 10.5. The maximum Gasteiger partial charge on any atom is 0.264 e. The molecule has 3 aromatic carbocycles. The fraction of sp³-hybridized carbons (Fsp3) is 0.321. The molecule has 0 saturated carbocycles. The Kier molecular flexibility index (Phi) is 8.57. The molecule has 0 saturated heterocycles. The molecule has 0 heterocycles. The largest absolute Gasteiger partial charge is 0.494 e. The van der Waals surface area contributed by atoms with Gasteiger partial charge in [0.2, 0.25) is 5.91 Å². The summed E-state index contributed by atoms with van der Waals surface area (Å²) >= 11 is 0. The Hall–Kier alpha value is -3.32. The molecule has 0 aromatic heterocycles. The van der Waals surface area contributed by atoms with E-state index in [-0.39, 0.29) is 23.4 Å². The van der Waals surface area contributed by atoms with Crippen molar-refractivity contribution in [3.63, 3.8) is 0 Å². The Morgan fingerprint density at radius 2 is 1.57 bits per heavy atom. The fourth-order valence-electron chi connectivity index (χ4n) is 3.80. The van der Waals surface area contributed by atoms with E-state index in [0.29, 0.717) is 24.5 Å². The van der Waals surface area contributed by atoms with Crippen LogP contribution in [0.5, 0.6) is 5.75 Å². The number of benzene rings is 3. The van der Waals surface area contributed by atoms with Crippen molar-refractivity contribution < 1.29 is 17.9 Å². The molecule has 3 rings (SSSR count). The van der Waals surface area contributed by atoms with Gasteiger partial charge in [0.15, 0.2) is 0 Å². The second kappa shape index (κ2) is 11.4. The molecule has 3 aromatic rings. The molecule has 0 fully saturated rings. The molecule has 0 radical (unpaired) electrons. The number of hydrogen-bond donors (Lipinski definition) is 1. The number of anilines is 1. The number of carbonyl (C=O) groups is 1. The van der Waals surface area contributed by atoms with Crippen molar-refractivity contribution in [3.8, 4) is 5.75 Å². The van der Waals surface area contributed by atoms with Crippen molar-refractivity contribution >= 4 is 21.6 Å². The van der Waals surface area contributed by atoms with Crippen molar-refractivity contribution in [2.75, 3.05) is 17.5 Å². The van der Waals surface area contributed by atoms with E-state index in [4.69, 9.17) is 4.74 Å². The van der Waals surface area contributed by atoms with Crippen LogP contribution in [-0.2, 0) is 14.8 Å². The summed E-state index contributed by atoms with van der Waals surface area (Å²) in [4.78, 5) is 13.3. The summed E-state index contributed by atoms with van der Waals surface area (Å²) in [6, 6.07) is 19.2. The fourth-order valence-corrected chi connectivity index (χ4v) is 5.22. The van der Waals surface area contributed by atoms with Crippen molar-refractivity contribution in [1.82, 2.24) is 5.32 Å². The molecule has 1 amide bonds. The first-order valence-electron chi connectivity index (χ1n) is 11.8. The van der Waals surface area contributed by atoms with Gasteiger partial charge < -0.3 is 10.1 Å². The summed E-state index contributed by atoms with van der Waals surface area (Å²) < 4.78 is 33.9. The Balaban J connectivity index is 1.90. The molecular weight excluding hydrogens is 460 g/mol.